The van der Waals surface area contributed by atoms with E-state index in [-0.39, 0.29) is 17.2 Å². The van der Waals surface area contributed by atoms with Crippen LogP contribution in [0.4, 0.5) is 0 Å². The van der Waals surface area contributed by atoms with Gasteiger partial charge >= 0.3 is 0 Å². The Morgan fingerprint density at radius 1 is 0.889 bits per heavy atom. The first-order valence-electron chi connectivity index (χ1n) is 8.51. The maximum atomic E-state index is 12.7. The van der Waals surface area contributed by atoms with E-state index in [0.717, 1.165) is 5.56 Å². The molecule has 1 heterocycles. The van der Waals surface area contributed by atoms with Gasteiger partial charge in [0.05, 0.1) is 10.9 Å². The standard InChI is InChI=1S/C22H16N2O3/c25-20(21-23-19-9-5-4-8-18(19)22(26)24-21)16-10-12-17(13-11-16)27-14-15-6-2-1-3-7-15/h1-13H,14H2,(H,23,24,26). The Bertz CT molecular complexity index is 1150. The Morgan fingerprint density at radius 3 is 2.37 bits per heavy atom. The summed E-state index contributed by atoms with van der Waals surface area (Å²) in [6.45, 7) is 0.452. The van der Waals surface area contributed by atoms with E-state index >= 15 is 0 Å². The molecular formula is C22H16N2O3. The molecule has 132 valence electrons. The van der Waals surface area contributed by atoms with Crippen LogP contribution in [0.3, 0.4) is 0 Å². The van der Waals surface area contributed by atoms with E-state index in [4.69, 9.17) is 4.74 Å². The van der Waals surface area contributed by atoms with E-state index < -0.39 is 0 Å². The number of nitrogens with zero attached hydrogens (tertiary/aromatic N) is 1. The van der Waals surface area contributed by atoms with Crippen LogP contribution in [0, 0.1) is 0 Å². The Balaban J connectivity index is 1.53. The second kappa shape index (κ2) is 7.25. The number of aromatic amines is 1. The van der Waals surface area contributed by atoms with Crippen molar-refractivity contribution in [1.29, 1.82) is 0 Å². The summed E-state index contributed by atoms with van der Waals surface area (Å²) in [6.07, 6.45) is 0. The first kappa shape index (κ1) is 16.7. The number of ketones is 1. The number of fused-ring (bicyclic) bond motifs is 1. The third-order valence-corrected chi connectivity index (χ3v) is 4.19. The molecule has 4 rings (SSSR count). The Hall–Kier alpha value is -3.73. The summed E-state index contributed by atoms with van der Waals surface area (Å²) in [5.74, 6) is 0.347. The summed E-state index contributed by atoms with van der Waals surface area (Å²) in [4.78, 5) is 31.6. The van der Waals surface area contributed by atoms with E-state index in [0.29, 0.717) is 28.8 Å². The van der Waals surface area contributed by atoms with Crippen molar-refractivity contribution in [2.45, 2.75) is 6.61 Å². The van der Waals surface area contributed by atoms with Gasteiger partial charge in [0.2, 0.25) is 5.78 Å². The molecule has 0 bridgehead atoms. The molecule has 5 heteroatoms. The molecule has 0 saturated heterocycles. The fourth-order valence-electron chi connectivity index (χ4n) is 2.77. The van der Waals surface area contributed by atoms with Gasteiger partial charge in [0.1, 0.15) is 12.4 Å². The normalized spacial score (nSPS) is 10.7. The topological polar surface area (TPSA) is 72.0 Å². The van der Waals surface area contributed by atoms with Crippen molar-refractivity contribution in [3.8, 4) is 5.75 Å². The molecule has 3 aromatic carbocycles. The average molecular weight is 356 g/mol. The summed E-state index contributed by atoms with van der Waals surface area (Å²) in [6, 6.07) is 23.6. The number of carbonyl (C=O) groups is 1. The third kappa shape index (κ3) is 3.62. The minimum Gasteiger partial charge on any atom is -0.489 e. The van der Waals surface area contributed by atoms with Crippen molar-refractivity contribution in [2.24, 2.45) is 0 Å². The molecule has 5 nitrogen and oxygen atoms in total. The second-order valence-electron chi connectivity index (χ2n) is 6.06. The van der Waals surface area contributed by atoms with E-state index in [1.54, 1.807) is 48.5 Å². The van der Waals surface area contributed by atoms with Gasteiger partial charge < -0.3 is 9.72 Å². The van der Waals surface area contributed by atoms with Crippen LogP contribution in [0.1, 0.15) is 21.7 Å². The van der Waals surface area contributed by atoms with Gasteiger partial charge in [-0.1, -0.05) is 42.5 Å². The number of para-hydroxylation sites is 1. The molecule has 0 radical (unpaired) electrons. The van der Waals surface area contributed by atoms with Crippen molar-refractivity contribution < 1.29 is 9.53 Å². The number of rotatable bonds is 5. The van der Waals surface area contributed by atoms with Crippen LogP contribution in [0.2, 0.25) is 0 Å². The van der Waals surface area contributed by atoms with Crippen LogP contribution >= 0.6 is 0 Å². The van der Waals surface area contributed by atoms with Gasteiger partial charge in [-0.2, -0.15) is 0 Å². The van der Waals surface area contributed by atoms with E-state index in [1.807, 2.05) is 30.3 Å². The monoisotopic (exact) mass is 356 g/mol. The van der Waals surface area contributed by atoms with Crippen molar-refractivity contribution >= 4 is 16.7 Å². The van der Waals surface area contributed by atoms with Crippen LogP contribution in [0.15, 0.2) is 83.7 Å². The zero-order valence-electron chi connectivity index (χ0n) is 14.4. The Labute approximate surface area is 155 Å². The number of H-pyrrole nitrogens is 1. The van der Waals surface area contributed by atoms with Crippen molar-refractivity contribution in [2.75, 3.05) is 0 Å². The highest BCUT2D eigenvalue weighted by molar-refractivity contribution is 6.07. The lowest BCUT2D eigenvalue weighted by molar-refractivity contribution is 0.102. The molecule has 27 heavy (non-hydrogen) atoms. The molecule has 0 saturated carbocycles. The van der Waals surface area contributed by atoms with Crippen LogP contribution in [-0.2, 0) is 6.61 Å². The smallest absolute Gasteiger partial charge is 0.259 e. The second-order valence-corrected chi connectivity index (χ2v) is 6.06. The van der Waals surface area contributed by atoms with Crippen molar-refractivity contribution in [1.82, 2.24) is 9.97 Å². The SMILES string of the molecule is O=C(c1ccc(OCc2ccccc2)cc1)c1nc2ccccc2c(=O)[nH]1. The highest BCUT2D eigenvalue weighted by Gasteiger charge is 2.14. The number of carbonyl (C=O) groups excluding carboxylic acids is 1. The summed E-state index contributed by atoms with van der Waals surface area (Å²) in [5, 5.41) is 0.457. The summed E-state index contributed by atoms with van der Waals surface area (Å²) in [5.41, 5.74) is 1.66. The van der Waals surface area contributed by atoms with Gasteiger partial charge in [0, 0.05) is 5.56 Å². The highest BCUT2D eigenvalue weighted by atomic mass is 16.5. The molecular weight excluding hydrogens is 340 g/mol. The zero-order chi connectivity index (χ0) is 18.6. The summed E-state index contributed by atoms with van der Waals surface area (Å²) in [7, 11) is 0. The van der Waals surface area contributed by atoms with Gasteiger partial charge in [-0.3, -0.25) is 9.59 Å². The van der Waals surface area contributed by atoms with Crippen LogP contribution in [0.25, 0.3) is 10.9 Å². The quantitative estimate of drug-likeness (QED) is 0.553. The van der Waals surface area contributed by atoms with Crippen molar-refractivity contribution in [3.63, 3.8) is 0 Å². The van der Waals surface area contributed by atoms with E-state index in [2.05, 4.69) is 9.97 Å². The molecule has 0 atom stereocenters. The summed E-state index contributed by atoms with van der Waals surface area (Å²) < 4.78 is 5.72. The van der Waals surface area contributed by atoms with Gasteiger partial charge in [-0.15, -0.1) is 0 Å². The van der Waals surface area contributed by atoms with Crippen LogP contribution in [-0.4, -0.2) is 15.8 Å². The van der Waals surface area contributed by atoms with E-state index in [1.165, 1.54) is 0 Å². The van der Waals surface area contributed by atoms with Crippen LogP contribution < -0.4 is 10.3 Å². The average Bonchev–Trinajstić information content (AvgIpc) is 2.73. The molecule has 0 aliphatic rings. The van der Waals surface area contributed by atoms with Gasteiger partial charge in [0.15, 0.2) is 5.82 Å². The maximum absolute atomic E-state index is 12.7. The van der Waals surface area contributed by atoms with Crippen LogP contribution in [0.5, 0.6) is 5.75 Å². The highest BCUT2D eigenvalue weighted by Crippen LogP contribution is 2.16. The predicted molar refractivity (Wildman–Crippen MR) is 103 cm³/mol. The lowest BCUT2D eigenvalue weighted by atomic mass is 10.1. The number of ether oxygens (including phenoxy) is 1. The van der Waals surface area contributed by atoms with Gasteiger partial charge in [-0.25, -0.2) is 4.98 Å². The number of hydrogen-bond acceptors (Lipinski definition) is 4. The predicted octanol–water partition coefficient (Wildman–Crippen LogP) is 3.73. The van der Waals surface area contributed by atoms with Crippen molar-refractivity contribution in [3.05, 3.63) is 106 Å². The third-order valence-electron chi connectivity index (χ3n) is 4.19. The first-order chi connectivity index (χ1) is 13.2. The van der Waals surface area contributed by atoms with E-state index in [9.17, 15) is 9.59 Å². The molecule has 0 fully saturated rings. The minimum atomic E-state index is -0.340. The molecule has 1 aromatic heterocycles. The molecule has 0 amide bonds. The maximum Gasteiger partial charge on any atom is 0.259 e. The minimum absolute atomic E-state index is 0.0247. The molecule has 1 N–H and O–H groups in total. The molecule has 0 spiro atoms. The fraction of sp³-hybridized carbons (Fsp3) is 0.0455. The molecule has 0 aliphatic carbocycles. The number of nitrogens with one attached hydrogen (secondary N) is 1. The fourth-order valence-corrected chi connectivity index (χ4v) is 2.77. The van der Waals surface area contributed by atoms with Gasteiger partial charge in [-0.05, 0) is 42.0 Å². The lowest BCUT2D eigenvalue weighted by Crippen LogP contribution is -2.16. The zero-order valence-corrected chi connectivity index (χ0v) is 14.4. The molecule has 4 aromatic rings. The molecule has 0 aliphatic heterocycles. The summed E-state index contributed by atoms with van der Waals surface area (Å²) >= 11 is 0. The number of aromatic nitrogens is 2. The van der Waals surface area contributed by atoms with Gasteiger partial charge in [0.25, 0.3) is 5.56 Å². The number of benzene rings is 3. The molecule has 0 unspecified atom stereocenters. The largest absolute Gasteiger partial charge is 0.489 e. The lowest BCUT2D eigenvalue weighted by Gasteiger charge is -2.07. The Kier molecular flexibility index (Phi) is 4.49. The number of hydrogen-bond donors (Lipinski definition) is 1. The first-order valence-corrected chi connectivity index (χ1v) is 8.51. The Morgan fingerprint density at radius 2 is 1.59 bits per heavy atom.